The number of nitrogens with zero attached hydrogens (tertiary/aromatic N) is 5. The Kier molecular flexibility index (Phi) is 5.52. The molecule has 0 amide bonds. The molecule has 1 saturated heterocycles. The molecule has 1 aliphatic rings. The van der Waals surface area contributed by atoms with Crippen LogP contribution in [0.1, 0.15) is 25.3 Å². The molecule has 1 aliphatic heterocycles. The molecule has 2 aromatic carbocycles. The largest absolute Gasteiger partial charge is 0.372 e. The first-order chi connectivity index (χ1) is 14.2. The third-order valence-corrected chi connectivity index (χ3v) is 5.14. The van der Waals surface area contributed by atoms with Crippen LogP contribution in [0.5, 0.6) is 0 Å². The minimum atomic E-state index is 0.330. The average Bonchev–Trinajstić information content (AvgIpc) is 2.76. The van der Waals surface area contributed by atoms with Crippen molar-refractivity contribution in [2.45, 2.75) is 19.8 Å². The lowest BCUT2D eigenvalue weighted by molar-refractivity contribution is 0.438. The Hall–Kier alpha value is -3.66. The smallest absolute Gasteiger partial charge is 0.249 e. The predicted octanol–water partition coefficient (Wildman–Crippen LogP) is 4.47. The van der Waals surface area contributed by atoms with Crippen molar-refractivity contribution in [2.24, 2.45) is 5.92 Å². The van der Waals surface area contributed by atoms with E-state index in [2.05, 4.69) is 55.8 Å². The number of aromatic nitrogens is 3. The van der Waals surface area contributed by atoms with Gasteiger partial charge in [-0.05, 0) is 55.2 Å². The van der Waals surface area contributed by atoms with Gasteiger partial charge in [0.1, 0.15) is 6.07 Å². The zero-order chi connectivity index (χ0) is 20.1. The standard InChI is InChI=1S/C22H23N7/c1-16-10-12-29(13-11-16)19-8-6-18(7-9-19)25-21-15-24-28-22(27-21)26-20-5-3-2-4-17(20)14-23/h2-9,15-16H,10-13H2,1H3,(H2,25,26,27,28). The van der Waals surface area contributed by atoms with Crippen LogP contribution in [0, 0.1) is 17.2 Å². The molecule has 1 aromatic heterocycles. The lowest BCUT2D eigenvalue weighted by Crippen LogP contribution is -2.32. The molecule has 146 valence electrons. The summed E-state index contributed by atoms with van der Waals surface area (Å²) >= 11 is 0. The molecule has 0 spiro atoms. The normalized spacial score (nSPS) is 14.3. The van der Waals surface area contributed by atoms with Gasteiger partial charge in [-0.25, -0.2) is 0 Å². The van der Waals surface area contributed by atoms with Crippen LogP contribution < -0.4 is 15.5 Å². The number of anilines is 5. The topological polar surface area (TPSA) is 89.8 Å². The first-order valence-electron chi connectivity index (χ1n) is 9.79. The van der Waals surface area contributed by atoms with Crippen molar-refractivity contribution in [3.05, 3.63) is 60.3 Å². The maximum atomic E-state index is 9.21. The molecular formula is C22H23N7. The van der Waals surface area contributed by atoms with Gasteiger partial charge < -0.3 is 15.5 Å². The van der Waals surface area contributed by atoms with E-state index in [1.54, 1.807) is 12.3 Å². The summed E-state index contributed by atoms with van der Waals surface area (Å²) in [5.74, 6) is 1.73. The van der Waals surface area contributed by atoms with Gasteiger partial charge in [-0.15, -0.1) is 5.10 Å². The van der Waals surface area contributed by atoms with E-state index in [4.69, 9.17) is 0 Å². The highest BCUT2D eigenvalue weighted by molar-refractivity contribution is 5.64. The number of hydrogen-bond acceptors (Lipinski definition) is 7. The average molecular weight is 385 g/mol. The summed E-state index contributed by atoms with van der Waals surface area (Å²) in [5.41, 5.74) is 3.35. The summed E-state index contributed by atoms with van der Waals surface area (Å²) in [5, 5.41) is 23.5. The SMILES string of the molecule is CC1CCN(c2ccc(Nc3cnnc(Nc4ccccc4C#N)n3)cc2)CC1. The van der Waals surface area contributed by atoms with E-state index < -0.39 is 0 Å². The van der Waals surface area contributed by atoms with Gasteiger partial charge in [0.15, 0.2) is 5.82 Å². The van der Waals surface area contributed by atoms with Crippen molar-refractivity contribution in [1.82, 2.24) is 15.2 Å². The van der Waals surface area contributed by atoms with Crippen LogP contribution in [-0.4, -0.2) is 28.3 Å². The maximum Gasteiger partial charge on any atom is 0.249 e. The molecule has 2 N–H and O–H groups in total. The Morgan fingerprint density at radius 1 is 1.03 bits per heavy atom. The van der Waals surface area contributed by atoms with Gasteiger partial charge >= 0.3 is 0 Å². The minimum Gasteiger partial charge on any atom is -0.372 e. The molecule has 4 rings (SSSR count). The van der Waals surface area contributed by atoms with Crippen LogP contribution in [-0.2, 0) is 0 Å². The Morgan fingerprint density at radius 2 is 1.79 bits per heavy atom. The number of nitrogens with one attached hydrogen (secondary N) is 2. The van der Waals surface area contributed by atoms with E-state index in [-0.39, 0.29) is 0 Å². The summed E-state index contributed by atoms with van der Waals surface area (Å²) in [6, 6.07) is 17.7. The van der Waals surface area contributed by atoms with Gasteiger partial charge in [0.2, 0.25) is 5.95 Å². The fraction of sp³-hybridized carbons (Fsp3) is 0.273. The van der Waals surface area contributed by atoms with Gasteiger partial charge in [0.25, 0.3) is 0 Å². The summed E-state index contributed by atoms with van der Waals surface area (Å²) in [4.78, 5) is 6.88. The van der Waals surface area contributed by atoms with Gasteiger partial charge in [0.05, 0.1) is 17.4 Å². The second kappa shape index (κ2) is 8.57. The zero-order valence-electron chi connectivity index (χ0n) is 16.3. The number of rotatable bonds is 5. The summed E-state index contributed by atoms with van der Waals surface area (Å²) < 4.78 is 0. The van der Waals surface area contributed by atoms with Crippen molar-refractivity contribution in [1.29, 1.82) is 5.26 Å². The Morgan fingerprint density at radius 3 is 2.55 bits per heavy atom. The highest BCUT2D eigenvalue weighted by atomic mass is 15.3. The third-order valence-electron chi connectivity index (χ3n) is 5.14. The molecule has 0 atom stereocenters. The summed E-state index contributed by atoms with van der Waals surface area (Å²) in [6.45, 7) is 4.55. The molecule has 0 bridgehead atoms. The molecule has 2 heterocycles. The second-order valence-corrected chi connectivity index (χ2v) is 7.29. The molecule has 3 aromatic rings. The first-order valence-corrected chi connectivity index (χ1v) is 9.79. The molecule has 0 saturated carbocycles. The van der Waals surface area contributed by atoms with Crippen molar-refractivity contribution in [2.75, 3.05) is 28.6 Å². The Bertz CT molecular complexity index is 1000. The number of benzene rings is 2. The van der Waals surface area contributed by atoms with Gasteiger partial charge in [-0.3, -0.25) is 0 Å². The van der Waals surface area contributed by atoms with E-state index >= 15 is 0 Å². The lowest BCUT2D eigenvalue weighted by Gasteiger charge is -2.32. The molecule has 0 aliphatic carbocycles. The quantitative estimate of drug-likeness (QED) is 0.670. The lowest BCUT2D eigenvalue weighted by atomic mass is 9.99. The molecule has 1 fully saturated rings. The van der Waals surface area contributed by atoms with Gasteiger partial charge in [0, 0.05) is 24.5 Å². The van der Waals surface area contributed by atoms with Crippen LogP contribution in [0.2, 0.25) is 0 Å². The fourth-order valence-corrected chi connectivity index (χ4v) is 3.40. The number of nitriles is 1. The molecule has 0 unspecified atom stereocenters. The zero-order valence-corrected chi connectivity index (χ0v) is 16.3. The van der Waals surface area contributed by atoms with E-state index in [9.17, 15) is 5.26 Å². The van der Waals surface area contributed by atoms with E-state index in [0.717, 1.165) is 24.7 Å². The minimum absolute atomic E-state index is 0.330. The van der Waals surface area contributed by atoms with Crippen molar-refractivity contribution in [3.63, 3.8) is 0 Å². The molecule has 0 radical (unpaired) electrons. The molecule has 7 heteroatoms. The van der Waals surface area contributed by atoms with Crippen LogP contribution in [0.3, 0.4) is 0 Å². The Balaban J connectivity index is 1.43. The monoisotopic (exact) mass is 385 g/mol. The van der Waals surface area contributed by atoms with Crippen LogP contribution >= 0.6 is 0 Å². The van der Waals surface area contributed by atoms with Crippen molar-refractivity contribution in [3.8, 4) is 6.07 Å². The Labute approximate surface area is 170 Å². The number of para-hydroxylation sites is 1. The predicted molar refractivity (Wildman–Crippen MR) is 115 cm³/mol. The second-order valence-electron chi connectivity index (χ2n) is 7.29. The molecule has 7 nitrogen and oxygen atoms in total. The molecule has 29 heavy (non-hydrogen) atoms. The number of piperidine rings is 1. The summed E-state index contributed by atoms with van der Waals surface area (Å²) in [7, 11) is 0. The third kappa shape index (κ3) is 4.61. The van der Waals surface area contributed by atoms with Gasteiger partial charge in [-0.1, -0.05) is 19.1 Å². The van der Waals surface area contributed by atoms with Gasteiger partial charge in [-0.2, -0.15) is 15.3 Å². The maximum absolute atomic E-state index is 9.21. The highest BCUT2D eigenvalue weighted by Crippen LogP contribution is 2.25. The summed E-state index contributed by atoms with van der Waals surface area (Å²) in [6.07, 6.45) is 4.07. The van der Waals surface area contributed by atoms with E-state index in [1.165, 1.54) is 18.5 Å². The molecular weight excluding hydrogens is 362 g/mol. The first kappa shape index (κ1) is 18.7. The van der Waals surface area contributed by atoms with Crippen molar-refractivity contribution >= 4 is 28.8 Å². The van der Waals surface area contributed by atoms with E-state index in [1.807, 2.05) is 30.3 Å². The highest BCUT2D eigenvalue weighted by Gasteiger charge is 2.15. The van der Waals surface area contributed by atoms with Crippen LogP contribution in [0.15, 0.2) is 54.7 Å². The van der Waals surface area contributed by atoms with Crippen LogP contribution in [0.25, 0.3) is 0 Å². The number of hydrogen-bond donors (Lipinski definition) is 2. The van der Waals surface area contributed by atoms with E-state index in [0.29, 0.717) is 23.0 Å². The van der Waals surface area contributed by atoms with Crippen LogP contribution in [0.4, 0.5) is 28.8 Å². The van der Waals surface area contributed by atoms with Crippen molar-refractivity contribution < 1.29 is 0 Å². The fourth-order valence-electron chi connectivity index (χ4n) is 3.40.